The van der Waals surface area contributed by atoms with E-state index < -0.39 is 11.6 Å². The molecular formula is C14H12N4O2S. The largest absolute Gasteiger partial charge is 0.335 e. The quantitative estimate of drug-likeness (QED) is 0.522. The van der Waals surface area contributed by atoms with Crippen molar-refractivity contribution in [1.82, 2.24) is 20.4 Å². The minimum atomic E-state index is -0.750. The Morgan fingerprint density at radius 3 is 1.48 bits per heavy atom. The van der Waals surface area contributed by atoms with Gasteiger partial charge >= 0.3 is 11.6 Å². The molecule has 21 heavy (non-hydrogen) atoms. The highest BCUT2D eigenvalue weighted by Crippen LogP contribution is 2.07. The molecule has 0 spiro atoms. The van der Waals surface area contributed by atoms with Crippen LogP contribution < -0.4 is 0 Å². The van der Waals surface area contributed by atoms with Crippen LogP contribution in [0.3, 0.4) is 0 Å². The molecule has 0 radical (unpaired) electrons. The molecule has 0 saturated carbocycles. The van der Waals surface area contributed by atoms with Gasteiger partial charge in [0.05, 0.1) is 23.4 Å². The second-order valence-electron chi connectivity index (χ2n) is 3.98. The summed E-state index contributed by atoms with van der Waals surface area (Å²) in [7, 11) is 0. The number of nitrogens with zero attached hydrogens (tertiary/aromatic N) is 2. The zero-order valence-electron chi connectivity index (χ0n) is 10.9. The fourth-order valence-electron chi connectivity index (χ4n) is 1.77. The second-order valence-corrected chi connectivity index (χ2v) is 4.12. The van der Waals surface area contributed by atoms with E-state index in [4.69, 9.17) is 8.42 Å². The Morgan fingerprint density at radius 2 is 1.10 bits per heavy atom. The van der Waals surface area contributed by atoms with Crippen LogP contribution in [0, 0.1) is 0 Å². The molecule has 0 amide bonds. The summed E-state index contributed by atoms with van der Waals surface area (Å²) in [5, 5.41) is 15.8. The van der Waals surface area contributed by atoms with Gasteiger partial charge < -0.3 is 0 Å². The highest BCUT2D eigenvalue weighted by Gasteiger charge is 1.88. The molecule has 0 atom stereocenters. The van der Waals surface area contributed by atoms with Gasteiger partial charge in [-0.25, -0.2) is 0 Å². The van der Waals surface area contributed by atoms with Gasteiger partial charge in [0.1, 0.15) is 0 Å². The van der Waals surface area contributed by atoms with Crippen LogP contribution in [0.2, 0.25) is 0 Å². The molecule has 0 bridgehead atoms. The van der Waals surface area contributed by atoms with Crippen molar-refractivity contribution < 1.29 is 8.42 Å². The van der Waals surface area contributed by atoms with Crippen LogP contribution in [0.4, 0.5) is 0 Å². The van der Waals surface area contributed by atoms with Gasteiger partial charge in [-0.05, 0) is 12.1 Å². The van der Waals surface area contributed by atoms with Gasteiger partial charge in [-0.2, -0.15) is 18.6 Å². The standard InChI is InChI=1S/2C7H6N2.O2S/c2*1-2-4-7-6(3-1)5-8-9-7;1-3-2/h2*1-5H,(H,8,9);. The smallest absolute Gasteiger partial charge is 0.278 e. The van der Waals surface area contributed by atoms with Crippen molar-refractivity contribution in [2.75, 3.05) is 0 Å². The van der Waals surface area contributed by atoms with Gasteiger partial charge in [-0.1, -0.05) is 36.4 Å². The predicted molar refractivity (Wildman–Crippen MR) is 81.1 cm³/mol. The summed E-state index contributed by atoms with van der Waals surface area (Å²) in [6.45, 7) is 0. The van der Waals surface area contributed by atoms with Gasteiger partial charge in [0.15, 0.2) is 0 Å². The van der Waals surface area contributed by atoms with E-state index in [0.29, 0.717) is 0 Å². The Hall–Kier alpha value is -2.80. The first-order valence-corrected chi connectivity index (χ1v) is 6.70. The molecular weight excluding hydrogens is 288 g/mol. The topological polar surface area (TPSA) is 91.5 Å². The van der Waals surface area contributed by atoms with E-state index in [1.165, 1.54) is 0 Å². The average molecular weight is 300 g/mol. The minimum Gasteiger partial charge on any atom is -0.278 e. The van der Waals surface area contributed by atoms with Crippen LogP contribution in [0.25, 0.3) is 21.8 Å². The van der Waals surface area contributed by atoms with Crippen molar-refractivity contribution in [3.05, 3.63) is 60.9 Å². The number of fused-ring (bicyclic) bond motifs is 2. The Labute approximate surface area is 123 Å². The number of hydrogen-bond acceptors (Lipinski definition) is 4. The molecule has 0 aliphatic heterocycles. The molecule has 0 saturated heterocycles. The molecule has 0 fully saturated rings. The summed E-state index contributed by atoms with van der Waals surface area (Å²) in [5.74, 6) is 0. The molecule has 7 heteroatoms. The number of para-hydroxylation sites is 2. The van der Waals surface area contributed by atoms with E-state index in [-0.39, 0.29) is 0 Å². The molecule has 6 nitrogen and oxygen atoms in total. The Balaban J connectivity index is 0.000000130. The summed E-state index contributed by atoms with van der Waals surface area (Å²) in [5.41, 5.74) is 2.19. The molecule has 2 aromatic heterocycles. The summed E-state index contributed by atoms with van der Waals surface area (Å²) in [4.78, 5) is 0. The van der Waals surface area contributed by atoms with E-state index >= 15 is 0 Å². The molecule has 4 aromatic rings. The van der Waals surface area contributed by atoms with E-state index in [1.807, 2.05) is 60.9 Å². The summed E-state index contributed by atoms with van der Waals surface area (Å²) >= 11 is -0.750. The van der Waals surface area contributed by atoms with Crippen molar-refractivity contribution in [2.24, 2.45) is 0 Å². The molecule has 0 unspecified atom stereocenters. The van der Waals surface area contributed by atoms with Crippen molar-refractivity contribution >= 4 is 33.4 Å². The molecule has 106 valence electrons. The number of hydrogen-bond donors (Lipinski definition) is 2. The average Bonchev–Trinajstić information content (AvgIpc) is 3.17. The second kappa shape index (κ2) is 7.71. The lowest BCUT2D eigenvalue weighted by atomic mass is 10.3. The predicted octanol–water partition coefficient (Wildman–Crippen LogP) is 2.46. The fraction of sp³-hybridized carbons (Fsp3) is 0. The number of H-pyrrole nitrogens is 2. The first kappa shape index (κ1) is 14.6. The number of rotatable bonds is 0. The third-order valence-electron chi connectivity index (χ3n) is 2.70. The lowest BCUT2D eigenvalue weighted by molar-refractivity contribution is 0.630. The number of aromatic amines is 2. The Bertz CT molecular complexity index is 724. The third-order valence-corrected chi connectivity index (χ3v) is 2.70. The first-order chi connectivity index (χ1) is 10.3. The number of aromatic nitrogens is 4. The minimum absolute atomic E-state index is 0.750. The maximum Gasteiger partial charge on any atom is 0.335 e. The Morgan fingerprint density at radius 1 is 0.714 bits per heavy atom. The van der Waals surface area contributed by atoms with Crippen LogP contribution in [0.5, 0.6) is 0 Å². The van der Waals surface area contributed by atoms with Gasteiger partial charge in [-0.15, -0.1) is 0 Å². The first-order valence-electron chi connectivity index (χ1n) is 6.03. The highest BCUT2D eigenvalue weighted by molar-refractivity contribution is 7.51. The maximum absolute atomic E-state index is 8.29. The SMILES string of the molecule is O=S=O.c1ccc2[nH]ncc2c1.c1ccc2[nH]ncc2c1. The van der Waals surface area contributed by atoms with E-state index in [2.05, 4.69) is 20.4 Å². The van der Waals surface area contributed by atoms with Crippen molar-refractivity contribution in [2.45, 2.75) is 0 Å². The van der Waals surface area contributed by atoms with Gasteiger partial charge in [-0.3, -0.25) is 10.2 Å². The van der Waals surface area contributed by atoms with Crippen molar-refractivity contribution in [1.29, 1.82) is 0 Å². The van der Waals surface area contributed by atoms with Crippen LogP contribution in [0.15, 0.2) is 60.9 Å². The lowest BCUT2D eigenvalue weighted by Gasteiger charge is -1.81. The molecule has 0 aliphatic rings. The summed E-state index contributed by atoms with van der Waals surface area (Å²) in [6.07, 6.45) is 3.63. The Kier molecular flexibility index (Phi) is 5.36. The number of nitrogens with one attached hydrogen (secondary N) is 2. The summed E-state index contributed by atoms with van der Waals surface area (Å²) in [6, 6.07) is 16.0. The molecule has 2 heterocycles. The van der Waals surface area contributed by atoms with E-state index in [1.54, 1.807) is 0 Å². The van der Waals surface area contributed by atoms with Gasteiger partial charge in [0.25, 0.3) is 0 Å². The van der Waals surface area contributed by atoms with E-state index in [9.17, 15) is 0 Å². The fourth-order valence-corrected chi connectivity index (χ4v) is 1.77. The van der Waals surface area contributed by atoms with Crippen LogP contribution in [0.1, 0.15) is 0 Å². The normalized spacial score (nSPS) is 9.33. The van der Waals surface area contributed by atoms with E-state index in [0.717, 1.165) is 21.8 Å². The van der Waals surface area contributed by atoms with Gasteiger partial charge in [0, 0.05) is 10.8 Å². The molecule has 4 rings (SSSR count). The van der Waals surface area contributed by atoms with Gasteiger partial charge in [0.2, 0.25) is 0 Å². The molecule has 2 aromatic carbocycles. The van der Waals surface area contributed by atoms with Crippen LogP contribution >= 0.6 is 0 Å². The monoisotopic (exact) mass is 300 g/mol. The van der Waals surface area contributed by atoms with Crippen molar-refractivity contribution in [3.8, 4) is 0 Å². The maximum atomic E-state index is 8.29. The lowest BCUT2D eigenvalue weighted by Crippen LogP contribution is -1.63. The van der Waals surface area contributed by atoms with Crippen molar-refractivity contribution in [3.63, 3.8) is 0 Å². The molecule has 0 aliphatic carbocycles. The number of benzene rings is 2. The zero-order chi connectivity index (χ0) is 14.9. The third kappa shape index (κ3) is 4.08. The van der Waals surface area contributed by atoms with Crippen LogP contribution in [-0.2, 0) is 11.6 Å². The molecule has 2 N–H and O–H groups in total. The zero-order valence-corrected chi connectivity index (χ0v) is 11.7. The highest BCUT2D eigenvalue weighted by atomic mass is 32.1. The van der Waals surface area contributed by atoms with Crippen LogP contribution in [-0.4, -0.2) is 28.8 Å². The summed E-state index contributed by atoms with van der Waals surface area (Å²) < 4.78 is 16.6.